The quantitative estimate of drug-likeness (QED) is 0.182. The second kappa shape index (κ2) is 10.4. The number of hydrogen-bond donors (Lipinski definition) is 6. The van der Waals surface area contributed by atoms with Crippen LogP contribution in [0.1, 0.15) is 11.8 Å². The number of alkyl carbamates (subject to hydrolysis) is 1. The van der Waals surface area contributed by atoms with Crippen molar-refractivity contribution in [3.63, 3.8) is 0 Å². The molecule has 5 rings (SSSR count). The molecule has 1 amide bonds. The maximum atomic E-state index is 11.6. The van der Waals surface area contributed by atoms with E-state index in [1.807, 2.05) is 29.7 Å². The lowest BCUT2D eigenvalue weighted by Gasteiger charge is -2.16. The third kappa shape index (κ3) is 5.02. The number of carboxylic acid groups (broad SMARTS) is 1. The van der Waals surface area contributed by atoms with E-state index < -0.39 is 49.8 Å². The topological polar surface area (TPSA) is 197 Å². The fourth-order valence-corrected chi connectivity index (χ4v) is 4.27. The first-order chi connectivity index (χ1) is 17.9. The van der Waals surface area contributed by atoms with Crippen molar-refractivity contribution in [3.8, 4) is 0 Å². The molecule has 14 heteroatoms. The summed E-state index contributed by atoms with van der Waals surface area (Å²) in [6.45, 7) is -0.426. The summed E-state index contributed by atoms with van der Waals surface area (Å²) in [7, 11) is 0. The number of aliphatic carboxylic acids is 1. The van der Waals surface area contributed by atoms with Crippen molar-refractivity contribution >= 4 is 39.9 Å². The van der Waals surface area contributed by atoms with Crippen molar-refractivity contribution in [2.24, 2.45) is 0 Å². The van der Waals surface area contributed by atoms with Crippen LogP contribution in [0.2, 0.25) is 0 Å². The third-order valence-electron chi connectivity index (χ3n) is 6.09. The van der Waals surface area contributed by atoms with Crippen molar-refractivity contribution < 1.29 is 34.4 Å². The lowest BCUT2D eigenvalue weighted by molar-refractivity contribution is -0.135. The molecule has 1 saturated heterocycles. The van der Waals surface area contributed by atoms with Crippen LogP contribution in [-0.2, 0) is 20.7 Å². The number of nitrogens with one attached hydrogen (secondary N) is 3. The number of anilines is 1. The van der Waals surface area contributed by atoms with E-state index >= 15 is 0 Å². The summed E-state index contributed by atoms with van der Waals surface area (Å²) in [5.41, 5.74) is 3.07. The van der Waals surface area contributed by atoms with Crippen LogP contribution in [0.3, 0.4) is 0 Å². The van der Waals surface area contributed by atoms with Crippen LogP contribution in [0.25, 0.3) is 22.1 Å². The molecule has 0 aliphatic carbocycles. The van der Waals surface area contributed by atoms with Gasteiger partial charge in [-0.25, -0.2) is 19.7 Å². The van der Waals surface area contributed by atoms with Crippen LogP contribution in [0.15, 0.2) is 43.1 Å². The van der Waals surface area contributed by atoms with E-state index in [4.69, 9.17) is 14.6 Å². The van der Waals surface area contributed by atoms with E-state index in [1.165, 1.54) is 22.8 Å². The predicted octanol–water partition coefficient (Wildman–Crippen LogP) is 0.392. The van der Waals surface area contributed by atoms with E-state index in [0.29, 0.717) is 23.5 Å². The Hall–Kier alpha value is -4.27. The number of para-hydroxylation sites is 1. The molecule has 0 saturated carbocycles. The summed E-state index contributed by atoms with van der Waals surface area (Å²) in [5, 5.41) is 36.1. The molecule has 14 nitrogen and oxygen atoms in total. The van der Waals surface area contributed by atoms with Gasteiger partial charge in [-0.05, 0) is 18.1 Å². The number of aliphatic hydroxyl groups excluding tert-OH is 2. The first-order valence-electron chi connectivity index (χ1n) is 11.5. The number of hydrogen-bond acceptors (Lipinski definition) is 10. The normalized spacial score (nSPS) is 21.4. The number of carboxylic acids is 1. The van der Waals surface area contributed by atoms with Gasteiger partial charge in [-0.15, -0.1) is 0 Å². The number of H-pyrrole nitrogens is 1. The van der Waals surface area contributed by atoms with Crippen molar-refractivity contribution in [2.75, 3.05) is 25.0 Å². The molecule has 4 heterocycles. The smallest absolute Gasteiger partial charge is 0.407 e. The minimum atomic E-state index is -1.37. The molecular formula is C23H25N7O7. The molecule has 1 aliphatic heterocycles. The zero-order valence-corrected chi connectivity index (χ0v) is 19.4. The highest BCUT2D eigenvalue weighted by Gasteiger charge is 2.45. The first-order valence-corrected chi connectivity index (χ1v) is 11.5. The Bertz CT molecular complexity index is 1420. The zero-order valence-electron chi connectivity index (χ0n) is 19.4. The Kier molecular flexibility index (Phi) is 6.85. The standard InChI is InChI=1S/C23H25N7O7/c31-16(32)8-26-23(35)36-9-15-18(33)19(34)22(37-15)30-11-29-17-20(27-10-28-21(17)30)24-6-5-12-7-25-14-4-2-1-3-13(12)14/h1-4,7,10-11,15,18-19,22,25,33-34H,5-6,8-9H2,(H,26,35)(H,31,32)(H,24,27,28). The molecule has 4 atom stereocenters. The second-order valence-electron chi connectivity index (χ2n) is 8.47. The van der Waals surface area contributed by atoms with Crippen LogP contribution in [0, 0.1) is 0 Å². The van der Waals surface area contributed by atoms with Gasteiger partial charge in [0.25, 0.3) is 0 Å². The summed E-state index contributed by atoms with van der Waals surface area (Å²) >= 11 is 0. The largest absolute Gasteiger partial charge is 0.480 e. The van der Waals surface area contributed by atoms with Crippen LogP contribution in [0.5, 0.6) is 0 Å². The number of carbonyl (C=O) groups excluding carboxylic acids is 1. The Morgan fingerprint density at radius 3 is 2.84 bits per heavy atom. The van der Waals surface area contributed by atoms with Gasteiger partial charge in [-0.2, -0.15) is 0 Å². The van der Waals surface area contributed by atoms with Crippen molar-refractivity contribution in [3.05, 3.63) is 48.7 Å². The number of amides is 1. The van der Waals surface area contributed by atoms with E-state index in [1.54, 1.807) is 0 Å². The van der Waals surface area contributed by atoms with Crippen molar-refractivity contribution in [2.45, 2.75) is 31.0 Å². The molecule has 0 radical (unpaired) electrons. The Labute approximate surface area is 209 Å². The maximum Gasteiger partial charge on any atom is 0.407 e. The average molecular weight is 511 g/mol. The lowest BCUT2D eigenvalue weighted by atomic mass is 10.1. The summed E-state index contributed by atoms with van der Waals surface area (Å²) in [4.78, 5) is 38.3. The van der Waals surface area contributed by atoms with Crippen molar-refractivity contribution in [1.29, 1.82) is 0 Å². The average Bonchev–Trinajstić information content (AvgIpc) is 3.58. The van der Waals surface area contributed by atoms with Crippen LogP contribution in [0.4, 0.5) is 10.6 Å². The number of aliphatic hydroxyl groups is 2. The number of ether oxygens (including phenoxy) is 2. The molecule has 3 aromatic heterocycles. The summed E-state index contributed by atoms with van der Waals surface area (Å²) in [5.74, 6) is -0.725. The highest BCUT2D eigenvalue weighted by Crippen LogP contribution is 2.32. The fourth-order valence-electron chi connectivity index (χ4n) is 4.27. The lowest BCUT2D eigenvalue weighted by Crippen LogP contribution is -2.36. The van der Waals surface area contributed by atoms with Gasteiger partial charge in [-0.3, -0.25) is 9.36 Å². The molecular weight excluding hydrogens is 486 g/mol. The van der Waals surface area contributed by atoms with Gasteiger partial charge in [0, 0.05) is 23.6 Å². The van der Waals surface area contributed by atoms with Crippen LogP contribution < -0.4 is 10.6 Å². The molecule has 194 valence electrons. The van der Waals surface area contributed by atoms with Gasteiger partial charge in [0.2, 0.25) is 0 Å². The zero-order chi connectivity index (χ0) is 25.9. The Balaban J connectivity index is 1.24. The van der Waals surface area contributed by atoms with Gasteiger partial charge in [0.15, 0.2) is 23.2 Å². The Morgan fingerprint density at radius 2 is 2.00 bits per heavy atom. The van der Waals surface area contributed by atoms with Crippen molar-refractivity contribution in [1.82, 2.24) is 29.8 Å². The number of nitrogens with zero attached hydrogens (tertiary/aromatic N) is 4. The van der Waals surface area contributed by atoms with Gasteiger partial charge in [0.1, 0.15) is 37.8 Å². The summed E-state index contributed by atoms with van der Waals surface area (Å²) in [6, 6.07) is 8.06. The number of benzene rings is 1. The number of imidazole rings is 1. The number of rotatable bonds is 9. The van der Waals surface area contributed by atoms with E-state index in [-0.39, 0.29) is 0 Å². The number of aromatic nitrogens is 5. The van der Waals surface area contributed by atoms with Gasteiger partial charge >= 0.3 is 12.1 Å². The molecule has 4 unspecified atom stereocenters. The second-order valence-corrected chi connectivity index (χ2v) is 8.47. The fraction of sp³-hybridized carbons (Fsp3) is 0.348. The molecule has 1 aliphatic rings. The molecule has 1 aromatic carbocycles. The Morgan fingerprint density at radius 1 is 1.16 bits per heavy atom. The molecule has 37 heavy (non-hydrogen) atoms. The number of aromatic amines is 1. The maximum absolute atomic E-state index is 11.6. The minimum Gasteiger partial charge on any atom is -0.480 e. The van der Waals surface area contributed by atoms with E-state index in [2.05, 4.69) is 31.3 Å². The molecule has 0 spiro atoms. The van der Waals surface area contributed by atoms with Gasteiger partial charge < -0.3 is 40.4 Å². The number of carbonyl (C=O) groups is 2. The highest BCUT2D eigenvalue weighted by atomic mass is 16.6. The molecule has 1 fully saturated rings. The van der Waals surface area contributed by atoms with E-state index in [0.717, 1.165) is 17.3 Å². The first kappa shape index (κ1) is 24.4. The number of fused-ring (bicyclic) bond motifs is 2. The SMILES string of the molecule is O=C(O)CNC(=O)OCC1OC(n2cnc3c(NCCc4c[nH]c5ccccc45)ncnc32)C(O)C1O. The van der Waals surface area contributed by atoms with E-state index in [9.17, 15) is 19.8 Å². The van der Waals surface area contributed by atoms with Crippen LogP contribution in [-0.4, -0.2) is 89.9 Å². The molecule has 4 aromatic rings. The molecule has 0 bridgehead atoms. The summed E-state index contributed by atoms with van der Waals surface area (Å²) in [6.07, 6.45) is -0.307. The van der Waals surface area contributed by atoms with Crippen LogP contribution >= 0.6 is 0 Å². The predicted molar refractivity (Wildman–Crippen MR) is 129 cm³/mol. The summed E-state index contributed by atoms with van der Waals surface area (Å²) < 4.78 is 12.1. The monoisotopic (exact) mass is 511 g/mol. The highest BCUT2D eigenvalue weighted by molar-refractivity contribution is 5.84. The molecule has 6 N–H and O–H groups in total. The third-order valence-corrected chi connectivity index (χ3v) is 6.09. The minimum absolute atomic E-state index is 0.376. The van der Waals surface area contributed by atoms with Gasteiger partial charge in [0.05, 0.1) is 6.33 Å². The van der Waals surface area contributed by atoms with Gasteiger partial charge in [-0.1, -0.05) is 18.2 Å².